The van der Waals surface area contributed by atoms with E-state index in [1.807, 2.05) is 0 Å². The summed E-state index contributed by atoms with van der Waals surface area (Å²) in [4.78, 5) is 72.8. The molecule has 0 bridgehead atoms. The Morgan fingerprint density at radius 2 is 0.587 bits per heavy atom. The first kappa shape index (κ1) is 81.7. The third kappa shape index (κ3) is 32.7. The Morgan fingerprint density at radius 3 is 0.826 bits per heavy atom. The van der Waals surface area contributed by atoms with E-state index in [0.717, 1.165) is 0 Å². The minimum Gasteiger partial charge on any atom is -0.394 e. The normalized spacial score (nSPS) is 27.0. The van der Waals surface area contributed by atoms with Crippen molar-refractivity contribution in [2.45, 2.75) is 195 Å². The molecule has 3 fully saturated rings. The zero-order valence-corrected chi connectivity index (χ0v) is 53.7. The van der Waals surface area contributed by atoms with E-state index in [-0.39, 0.29) is 97.2 Å². The fraction of sp³-hybridized carbons (Fsp3) is 0.897. The minimum atomic E-state index is -1.35. The number of rotatable bonds is 48. The van der Waals surface area contributed by atoms with E-state index in [1.54, 1.807) is 0 Å². The van der Waals surface area contributed by atoms with Gasteiger partial charge in [0.15, 0.2) is 0 Å². The van der Waals surface area contributed by atoms with Crippen LogP contribution in [0.15, 0.2) is 0 Å². The summed E-state index contributed by atoms with van der Waals surface area (Å²) in [6.07, 6.45) is -6.94. The third-order valence-electron chi connectivity index (χ3n) is 15.7. The van der Waals surface area contributed by atoms with E-state index in [9.17, 15) is 74.7 Å². The summed E-state index contributed by atoms with van der Waals surface area (Å²) in [6.45, 7) is 7.38. The molecule has 34 heteroatoms. The average molecular weight is 1330 g/mol. The summed E-state index contributed by atoms with van der Waals surface area (Å²) >= 11 is 0. The second-order valence-electron chi connectivity index (χ2n) is 23.1. The van der Waals surface area contributed by atoms with E-state index in [2.05, 4.69) is 47.9 Å². The number of nitrogens with one attached hydrogen (secondary N) is 9. The molecule has 3 rings (SSSR count). The Kier molecular flexibility index (Phi) is 42.1. The lowest BCUT2D eigenvalue weighted by Gasteiger charge is -2.42. The molecule has 3 aliphatic rings. The van der Waals surface area contributed by atoms with Gasteiger partial charge in [0.25, 0.3) is 0 Å². The van der Waals surface area contributed by atoms with Crippen molar-refractivity contribution in [3.8, 4) is 0 Å². The number of nitrogens with two attached hydrogens (primary N) is 1. The van der Waals surface area contributed by atoms with Crippen molar-refractivity contribution in [2.24, 2.45) is 5.73 Å². The fourth-order valence-corrected chi connectivity index (χ4v) is 10.9. The lowest BCUT2D eigenvalue weighted by Crippen LogP contribution is -2.63. The molecule has 15 atom stereocenters. The van der Waals surface area contributed by atoms with Crippen molar-refractivity contribution >= 4 is 35.8 Å². The van der Waals surface area contributed by atoms with Crippen molar-refractivity contribution < 1.29 is 117 Å². The van der Waals surface area contributed by atoms with Crippen LogP contribution in [0.5, 0.6) is 0 Å². The van der Waals surface area contributed by atoms with Gasteiger partial charge in [0, 0.05) is 85.4 Å². The van der Waals surface area contributed by atoms with Crippen molar-refractivity contribution in [2.75, 3.05) is 138 Å². The topological polar surface area (TPSA) is 502 Å². The molecule has 536 valence electrons. The molecule has 0 saturated carbocycles. The molecule has 0 aromatic carbocycles. The van der Waals surface area contributed by atoms with Crippen LogP contribution < -0.4 is 53.6 Å². The van der Waals surface area contributed by atoms with Crippen LogP contribution in [0.2, 0.25) is 0 Å². The number of urea groups is 3. The number of hydrogen-bond acceptors (Lipinski definition) is 25. The zero-order valence-electron chi connectivity index (χ0n) is 53.7. The highest BCUT2D eigenvalue weighted by Gasteiger charge is 2.47. The van der Waals surface area contributed by atoms with Gasteiger partial charge in [-0.05, 0) is 77.0 Å². The predicted octanol–water partition coefficient (Wildman–Crippen LogP) is -5.68. The maximum absolute atomic E-state index is 12.6. The van der Waals surface area contributed by atoms with Gasteiger partial charge in [-0.15, -0.1) is 0 Å². The monoisotopic (exact) mass is 1330 g/mol. The van der Waals surface area contributed by atoms with Crippen LogP contribution in [0.4, 0.5) is 14.4 Å². The molecule has 3 heterocycles. The molecule has 9 amide bonds. The Labute approximate surface area is 538 Å². The Morgan fingerprint density at radius 1 is 0.348 bits per heavy atom. The maximum atomic E-state index is 12.6. The van der Waals surface area contributed by atoms with Crippen molar-refractivity contribution in [3.63, 3.8) is 0 Å². The van der Waals surface area contributed by atoms with Gasteiger partial charge in [0.2, 0.25) is 17.7 Å². The molecule has 92 heavy (non-hydrogen) atoms. The zero-order chi connectivity index (χ0) is 67.7. The second kappa shape index (κ2) is 47.4. The second-order valence-corrected chi connectivity index (χ2v) is 23.1. The van der Waals surface area contributed by atoms with Crippen LogP contribution in [0.1, 0.15) is 97.8 Å². The number of carbonyl (C=O) groups excluding carboxylic acids is 6. The van der Waals surface area contributed by atoms with Gasteiger partial charge in [-0.25, -0.2) is 14.4 Å². The number of amides is 9. The first-order valence-electron chi connectivity index (χ1n) is 32.1. The molecule has 20 N–H and O–H groups in total. The first-order valence-corrected chi connectivity index (χ1v) is 32.1. The van der Waals surface area contributed by atoms with Crippen LogP contribution in [0.25, 0.3) is 0 Å². The van der Waals surface area contributed by atoms with Gasteiger partial charge in [0.05, 0.1) is 116 Å². The molecule has 0 aromatic rings. The highest BCUT2D eigenvalue weighted by molar-refractivity contribution is 5.75. The summed E-state index contributed by atoms with van der Waals surface area (Å²) in [5, 5.41) is 115. The Hall–Kier alpha value is -4.54. The summed E-state index contributed by atoms with van der Waals surface area (Å²) in [6, 6.07) is -3.70. The van der Waals surface area contributed by atoms with Crippen LogP contribution in [0, 0.1) is 0 Å². The van der Waals surface area contributed by atoms with Crippen molar-refractivity contribution in [3.05, 3.63) is 0 Å². The smallest absolute Gasteiger partial charge is 0.314 e. The van der Waals surface area contributed by atoms with Crippen LogP contribution >= 0.6 is 0 Å². The molecule has 0 aromatic heterocycles. The van der Waals surface area contributed by atoms with Crippen LogP contribution in [0.3, 0.4) is 0 Å². The summed E-state index contributed by atoms with van der Waals surface area (Å²) in [5.41, 5.74) is 6.27. The summed E-state index contributed by atoms with van der Waals surface area (Å²) in [5.74, 6) is -1.18. The largest absolute Gasteiger partial charge is 0.394 e. The Balaban J connectivity index is 1.31. The summed E-state index contributed by atoms with van der Waals surface area (Å²) in [7, 11) is 0. The maximum Gasteiger partial charge on any atom is 0.314 e. The van der Waals surface area contributed by atoms with Gasteiger partial charge in [-0.2, -0.15) is 0 Å². The third-order valence-corrected chi connectivity index (χ3v) is 15.7. The minimum absolute atomic E-state index is 0.228. The van der Waals surface area contributed by atoms with Gasteiger partial charge >= 0.3 is 18.1 Å². The average Bonchev–Trinajstić information content (AvgIpc) is 0.945. The fourth-order valence-electron chi connectivity index (χ4n) is 10.9. The summed E-state index contributed by atoms with van der Waals surface area (Å²) < 4.78 is 50.8. The van der Waals surface area contributed by atoms with Gasteiger partial charge in [-0.1, -0.05) is 0 Å². The molecule has 0 radical (unpaired) electrons. The van der Waals surface area contributed by atoms with E-state index in [4.69, 9.17) is 48.4 Å². The highest BCUT2D eigenvalue weighted by Crippen LogP contribution is 2.28. The molecule has 0 aliphatic carbocycles. The van der Waals surface area contributed by atoms with E-state index in [0.29, 0.717) is 117 Å². The predicted molar refractivity (Wildman–Crippen MR) is 328 cm³/mol. The quantitative estimate of drug-likeness (QED) is 0.0253. The number of aliphatic hydroxyl groups excluding tert-OH is 9. The number of ether oxygens (including phenoxy) is 9. The lowest BCUT2D eigenvalue weighted by molar-refractivity contribution is -0.197. The Bertz CT molecular complexity index is 1840. The highest BCUT2D eigenvalue weighted by atomic mass is 16.6. The van der Waals surface area contributed by atoms with E-state index < -0.39 is 134 Å². The number of hydrogen-bond donors (Lipinski definition) is 19. The molecule has 3 aliphatic heterocycles. The van der Waals surface area contributed by atoms with Gasteiger partial charge in [0.1, 0.15) is 54.9 Å². The van der Waals surface area contributed by atoms with Crippen molar-refractivity contribution in [1.29, 1.82) is 0 Å². The molecule has 34 nitrogen and oxygen atoms in total. The molecule has 0 spiro atoms. The molecular weight excluding hydrogens is 1220 g/mol. The number of aliphatic hydroxyl groups is 9. The number of carbonyl (C=O) groups is 6. The SMILES string of the molecule is CC(=O)N[C@@H]1[C@@H](O)[C@@H](O)[C@@H](CO)O[C@@H]1CCCOCCOCCNC(=O)NCCCC(N)(CCCNC(=O)NCCOCCOCCC[C@H]1O[C@H](CO)[C@H](O)[C@H](O)[C@H]1NC(C)=O)CCCNC(=O)NCCOCCOCCC[C@H]1O[C@H](CO)[C@@H](O)[C@H](O)[C@H]1NC(C)=O. The van der Waals surface area contributed by atoms with Gasteiger partial charge in [-0.3, -0.25) is 14.4 Å². The van der Waals surface area contributed by atoms with Crippen LogP contribution in [-0.2, 0) is 57.0 Å². The van der Waals surface area contributed by atoms with E-state index >= 15 is 0 Å². The van der Waals surface area contributed by atoms with E-state index in [1.165, 1.54) is 20.8 Å². The molecular formula is C58H110N10O24. The standard InChI is InChI=1S/C58H110N10O24/c1-37(72)66-46-40(90-43(34-69)49(75)52(46)78)10-4-22-84-28-31-87-25-19-63-55(81)60-16-7-13-58(59,14-8-17-61-56(82)64-20-26-88-32-29-85-23-5-11-41-47(67-38(2)73)53(79)50(76)44(35-70)91-41)15-9-18-62-57(83)65-21-27-89-33-30-86-24-6-12-42-48(68-39(3)74)54(80)51(77)45(36-71)92-42/h40-54,69-71,75-80H,4-36,59H2,1-3H3,(H,66,72)(H,67,73)(H,68,74)(H2,60,63,81)(H2,61,64,82)(H2,62,65,83)/t40-,41-,42-,43-,44-,45-,46+,47+,48+,49-,50+,51+,52-,53-,54-/m1/s1. The first-order chi connectivity index (χ1) is 44.1. The lowest BCUT2D eigenvalue weighted by atomic mass is 9.85. The van der Waals surface area contributed by atoms with Gasteiger partial charge < -0.3 is 142 Å². The van der Waals surface area contributed by atoms with Crippen molar-refractivity contribution in [1.82, 2.24) is 47.9 Å². The molecule has 3 saturated heterocycles. The van der Waals surface area contributed by atoms with Crippen LogP contribution in [-0.4, -0.2) is 317 Å². The molecule has 0 unspecified atom stereocenters.